The van der Waals surface area contributed by atoms with Crippen LogP contribution in [0, 0.1) is 5.82 Å². The predicted molar refractivity (Wildman–Crippen MR) is 103 cm³/mol. The number of H-pyrrole nitrogens is 1. The van der Waals surface area contributed by atoms with Crippen molar-refractivity contribution >= 4 is 27.7 Å². The van der Waals surface area contributed by atoms with E-state index in [0.29, 0.717) is 36.1 Å². The highest BCUT2D eigenvalue weighted by molar-refractivity contribution is 9.10. The van der Waals surface area contributed by atoms with E-state index in [2.05, 4.69) is 31.4 Å². The third-order valence-corrected chi connectivity index (χ3v) is 5.55. The maximum Gasteiger partial charge on any atom is 0.273 e. The number of likely N-dealkylation sites (tertiary alicyclic amines) is 1. The lowest BCUT2D eigenvalue weighted by molar-refractivity contribution is 0.0693. The summed E-state index contributed by atoms with van der Waals surface area (Å²) < 4.78 is 14.5. The Bertz CT molecular complexity index is 844. The van der Waals surface area contributed by atoms with Crippen LogP contribution in [0.2, 0.25) is 0 Å². The Kier molecular flexibility index (Phi) is 5.94. The molecule has 1 saturated heterocycles. The standard InChI is InChI=1S/C19H22BrFN4O2/c1-11(2)16-15(20)17(24-23-16)18(26)22-12-7-9-25(10-8-12)19(27)13-5-3-4-6-14(13)21/h3-6,11-12H,7-10H2,1-2H3,(H,22,26)(H,23,24). The van der Waals surface area contributed by atoms with Gasteiger partial charge in [-0.15, -0.1) is 0 Å². The van der Waals surface area contributed by atoms with Crippen molar-refractivity contribution in [3.05, 3.63) is 51.5 Å². The van der Waals surface area contributed by atoms with Crippen molar-refractivity contribution in [2.75, 3.05) is 13.1 Å². The van der Waals surface area contributed by atoms with E-state index in [1.54, 1.807) is 17.0 Å². The molecule has 0 spiro atoms. The van der Waals surface area contributed by atoms with Gasteiger partial charge in [0.15, 0.2) is 5.69 Å². The van der Waals surface area contributed by atoms with Crippen LogP contribution in [-0.4, -0.2) is 46.0 Å². The highest BCUT2D eigenvalue weighted by Crippen LogP contribution is 2.26. The Balaban J connectivity index is 1.57. The van der Waals surface area contributed by atoms with Crippen LogP contribution in [-0.2, 0) is 0 Å². The lowest BCUT2D eigenvalue weighted by Gasteiger charge is -2.32. The number of rotatable bonds is 4. The average molecular weight is 437 g/mol. The van der Waals surface area contributed by atoms with Crippen LogP contribution in [0.15, 0.2) is 28.7 Å². The van der Waals surface area contributed by atoms with Gasteiger partial charge in [0.25, 0.3) is 11.8 Å². The topological polar surface area (TPSA) is 78.1 Å². The Morgan fingerprint density at radius 3 is 2.56 bits per heavy atom. The van der Waals surface area contributed by atoms with Crippen LogP contribution in [0.4, 0.5) is 4.39 Å². The molecule has 1 aromatic carbocycles. The van der Waals surface area contributed by atoms with E-state index < -0.39 is 5.82 Å². The van der Waals surface area contributed by atoms with Crippen LogP contribution in [0.5, 0.6) is 0 Å². The molecule has 144 valence electrons. The molecule has 0 bridgehead atoms. The van der Waals surface area contributed by atoms with Gasteiger partial charge >= 0.3 is 0 Å². The number of benzene rings is 1. The van der Waals surface area contributed by atoms with Crippen molar-refractivity contribution in [3.8, 4) is 0 Å². The summed E-state index contributed by atoms with van der Waals surface area (Å²) in [4.78, 5) is 26.6. The second kappa shape index (κ2) is 8.21. The van der Waals surface area contributed by atoms with Crippen LogP contribution >= 0.6 is 15.9 Å². The molecule has 2 amide bonds. The first kappa shape index (κ1) is 19.5. The molecule has 0 aliphatic carbocycles. The summed E-state index contributed by atoms with van der Waals surface area (Å²) in [6.45, 7) is 4.97. The smallest absolute Gasteiger partial charge is 0.273 e. The van der Waals surface area contributed by atoms with E-state index in [-0.39, 0.29) is 29.3 Å². The molecular formula is C19H22BrFN4O2. The number of nitrogens with one attached hydrogen (secondary N) is 2. The van der Waals surface area contributed by atoms with E-state index in [1.165, 1.54) is 12.1 Å². The average Bonchev–Trinajstić information content (AvgIpc) is 3.04. The number of aromatic amines is 1. The van der Waals surface area contributed by atoms with Gasteiger partial charge in [0.05, 0.1) is 15.7 Å². The Morgan fingerprint density at radius 1 is 1.30 bits per heavy atom. The zero-order valence-electron chi connectivity index (χ0n) is 15.3. The summed E-state index contributed by atoms with van der Waals surface area (Å²) >= 11 is 3.44. The van der Waals surface area contributed by atoms with Gasteiger partial charge in [-0.25, -0.2) is 4.39 Å². The molecule has 2 heterocycles. The van der Waals surface area contributed by atoms with Gasteiger partial charge in [-0.05, 0) is 46.8 Å². The molecule has 0 radical (unpaired) electrons. The number of aromatic nitrogens is 2. The summed E-state index contributed by atoms with van der Waals surface area (Å²) in [5.74, 6) is -0.846. The van der Waals surface area contributed by atoms with Crippen molar-refractivity contribution in [1.29, 1.82) is 0 Å². The van der Waals surface area contributed by atoms with Crippen LogP contribution in [0.1, 0.15) is 59.1 Å². The number of carbonyl (C=O) groups is 2. The lowest BCUT2D eigenvalue weighted by Crippen LogP contribution is -2.46. The molecule has 6 nitrogen and oxygen atoms in total. The maximum atomic E-state index is 13.8. The van der Waals surface area contributed by atoms with Gasteiger partial charge in [0, 0.05) is 19.1 Å². The molecule has 3 rings (SSSR count). The van der Waals surface area contributed by atoms with E-state index in [1.807, 2.05) is 13.8 Å². The normalized spacial score (nSPS) is 15.2. The van der Waals surface area contributed by atoms with Gasteiger partial charge in [0.1, 0.15) is 5.82 Å². The largest absolute Gasteiger partial charge is 0.348 e. The number of piperidine rings is 1. The number of amides is 2. The quantitative estimate of drug-likeness (QED) is 0.769. The minimum Gasteiger partial charge on any atom is -0.348 e. The van der Waals surface area contributed by atoms with Gasteiger partial charge < -0.3 is 10.2 Å². The first-order valence-electron chi connectivity index (χ1n) is 8.97. The van der Waals surface area contributed by atoms with E-state index in [0.717, 1.165) is 5.69 Å². The van der Waals surface area contributed by atoms with Gasteiger partial charge in [-0.2, -0.15) is 5.10 Å². The molecule has 0 atom stereocenters. The fourth-order valence-electron chi connectivity index (χ4n) is 3.16. The number of hydrogen-bond acceptors (Lipinski definition) is 3. The summed E-state index contributed by atoms with van der Waals surface area (Å²) in [5, 5.41) is 9.97. The second-order valence-electron chi connectivity index (χ2n) is 6.97. The Hall–Kier alpha value is -2.22. The van der Waals surface area contributed by atoms with E-state index in [9.17, 15) is 14.0 Å². The highest BCUT2D eigenvalue weighted by Gasteiger charge is 2.27. The lowest BCUT2D eigenvalue weighted by atomic mass is 10.0. The molecule has 27 heavy (non-hydrogen) atoms. The molecule has 2 N–H and O–H groups in total. The van der Waals surface area contributed by atoms with Gasteiger partial charge in [-0.3, -0.25) is 14.7 Å². The maximum absolute atomic E-state index is 13.8. The summed E-state index contributed by atoms with van der Waals surface area (Å²) in [6.07, 6.45) is 1.23. The zero-order valence-corrected chi connectivity index (χ0v) is 16.8. The molecule has 0 unspecified atom stereocenters. The summed E-state index contributed by atoms with van der Waals surface area (Å²) in [6, 6.07) is 5.94. The van der Waals surface area contributed by atoms with Crippen LogP contribution in [0.25, 0.3) is 0 Å². The Morgan fingerprint density at radius 2 is 1.96 bits per heavy atom. The SMILES string of the molecule is CC(C)c1[nH]nc(C(=O)NC2CCN(C(=O)c3ccccc3F)CC2)c1Br. The third-order valence-electron chi connectivity index (χ3n) is 4.75. The molecule has 1 fully saturated rings. The second-order valence-corrected chi connectivity index (χ2v) is 7.77. The van der Waals surface area contributed by atoms with Gasteiger partial charge in [-0.1, -0.05) is 26.0 Å². The zero-order chi connectivity index (χ0) is 19.6. The monoisotopic (exact) mass is 436 g/mol. The van der Waals surface area contributed by atoms with Crippen molar-refractivity contribution in [2.24, 2.45) is 0 Å². The fourth-order valence-corrected chi connectivity index (χ4v) is 3.98. The minimum atomic E-state index is -0.512. The molecule has 2 aromatic rings. The number of hydrogen-bond donors (Lipinski definition) is 2. The number of carbonyl (C=O) groups excluding carboxylic acids is 2. The van der Waals surface area contributed by atoms with Crippen molar-refractivity contribution in [1.82, 2.24) is 20.4 Å². The third kappa shape index (κ3) is 4.21. The summed E-state index contributed by atoms with van der Waals surface area (Å²) in [5.41, 5.74) is 1.30. The number of nitrogens with zero attached hydrogens (tertiary/aromatic N) is 2. The van der Waals surface area contributed by atoms with Crippen molar-refractivity contribution < 1.29 is 14.0 Å². The highest BCUT2D eigenvalue weighted by atomic mass is 79.9. The first-order valence-corrected chi connectivity index (χ1v) is 9.76. The first-order chi connectivity index (χ1) is 12.9. The van der Waals surface area contributed by atoms with E-state index >= 15 is 0 Å². The molecule has 0 saturated carbocycles. The number of halogens is 2. The van der Waals surface area contributed by atoms with Gasteiger partial charge in [0.2, 0.25) is 0 Å². The summed E-state index contributed by atoms with van der Waals surface area (Å²) in [7, 11) is 0. The molecule has 8 heteroatoms. The van der Waals surface area contributed by atoms with Crippen molar-refractivity contribution in [2.45, 2.75) is 38.6 Å². The predicted octanol–water partition coefficient (Wildman–Crippen LogP) is 3.47. The molecule has 1 aromatic heterocycles. The van der Waals surface area contributed by atoms with Crippen LogP contribution in [0.3, 0.4) is 0 Å². The van der Waals surface area contributed by atoms with Crippen LogP contribution < -0.4 is 5.32 Å². The molecule has 1 aliphatic heterocycles. The molecular weight excluding hydrogens is 415 g/mol. The fraction of sp³-hybridized carbons (Fsp3) is 0.421. The van der Waals surface area contributed by atoms with E-state index in [4.69, 9.17) is 0 Å². The Labute approximate surface area is 165 Å². The molecule has 1 aliphatic rings. The minimum absolute atomic E-state index is 0.0479. The van der Waals surface area contributed by atoms with Crippen molar-refractivity contribution in [3.63, 3.8) is 0 Å².